The number of carbonyl (C=O) groups is 4. The topological polar surface area (TPSA) is 158 Å². The predicted molar refractivity (Wildman–Crippen MR) is 186 cm³/mol. The summed E-state index contributed by atoms with van der Waals surface area (Å²) < 4.78 is 23.4. The molecule has 5 fully saturated rings. The van der Waals surface area contributed by atoms with Gasteiger partial charge in [-0.05, 0) is 100 Å². The quantitative estimate of drug-likeness (QED) is 0.242. The Bertz CT molecular complexity index is 1330. The van der Waals surface area contributed by atoms with E-state index in [4.69, 9.17) is 24.7 Å². The van der Waals surface area contributed by atoms with Crippen molar-refractivity contribution in [1.82, 2.24) is 9.80 Å². The molecule has 3 saturated carbocycles. The molecular weight excluding hydrogens is 654 g/mol. The zero-order valence-electron chi connectivity index (χ0n) is 30.4. The van der Waals surface area contributed by atoms with Crippen molar-refractivity contribution in [2.75, 3.05) is 33.5 Å². The van der Waals surface area contributed by atoms with Crippen molar-refractivity contribution in [3.05, 3.63) is 11.3 Å². The van der Waals surface area contributed by atoms with Gasteiger partial charge in [0.15, 0.2) is 0 Å². The molecule has 12 nitrogen and oxygen atoms in total. The zero-order chi connectivity index (χ0) is 35.7. The van der Waals surface area contributed by atoms with Crippen LogP contribution in [0.25, 0.3) is 0 Å². The first-order valence-electron chi connectivity index (χ1n) is 20.1. The summed E-state index contributed by atoms with van der Waals surface area (Å²) in [5, 5.41) is 9.45. The number of morpholine rings is 1. The summed E-state index contributed by atoms with van der Waals surface area (Å²) in [5.41, 5.74) is 6.39. The summed E-state index contributed by atoms with van der Waals surface area (Å²) in [4.78, 5) is 61.9. The monoisotopic (exact) mass is 713 g/mol. The van der Waals surface area contributed by atoms with Gasteiger partial charge in [0.05, 0.1) is 37.9 Å². The maximum atomic E-state index is 15.6. The van der Waals surface area contributed by atoms with Gasteiger partial charge in [-0.3, -0.25) is 19.3 Å². The van der Waals surface area contributed by atoms with E-state index in [1.54, 1.807) is 0 Å². The molecule has 0 unspecified atom stereocenters. The van der Waals surface area contributed by atoms with Gasteiger partial charge < -0.3 is 29.8 Å². The normalized spacial score (nSPS) is 36.7. The van der Waals surface area contributed by atoms with Gasteiger partial charge in [-0.15, -0.1) is 0 Å². The van der Waals surface area contributed by atoms with E-state index in [2.05, 4.69) is 4.90 Å². The first-order chi connectivity index (χ1) is 24.8. The number of hydrogen-bond donors (Lipinski definition) is 2. The Morgan fingerprint density at radius 2 is 1.51 bits per heavy atom. The van der Waals surface area contributed by atoms with Crippen LogP contribution in [0, 0.1) is 29.1 Å². The zero-order valence-corrected chi connectivity index (χ0v) is 30.4. The molecule has 4 aliphatic carbocycles. The van der Waals surface area contributed by atoms with Crippen molar-refractivity contribution in [1.29, 1.82) is 0 Å². The molecule has 51 heavy (non-hydrogen) atoms. The molecule has 284 valence electrons. The highest BCUT2D eigenvalue weighted by Gasteiger charge is 2.76. The van der Waals surface area contributed by atoms with Gasteiger partial charge in [-0.25, -0.2) is 9.69 Å². The van der Waals surface area contributed by atoms with Crippen LogP contribution in [0.5, 0.6) is 0 Å². The number of ether oxygens (including phenoxy) is 4. The number of aliphatic hydroxyl groups is 1. The first-order valence-corrected chi connectivity index (χ1v) is 20.1. The van der Waals surface area contributed by atoms with Crippen molar-refractivity contribution in [2.24, 2.45) is 34.8 Å². The van der Waals surface area contributed by atoms with Crippen LogP contribution in [0.4, 0.5) is 4.79 Å². The van der Waals surface area contributed by atoms with Crippen molar-refractivity contribution in [3.63, 3.8) is 0 Å². The Hall–Kier alpha value is -2.54. The molecule has 3 heterocycles. The van der Waals surface area contributed by atoms with E-state index < -0.39 is 47.3 Å². The maximum absolute atomic E-state index is 15.6. The van der Waals surface area contributed by atoms with Gasteiger partial charge in [-0.1, -0.05) is 38.5 Å². The molecule has 0 radical (unpaired) electrons. The van der Waals surface area contributed by atoms with Crippen LogP contribution in [-0.2, 0) is 33.3 Å². The lowest BCUT2D eigenvalue weighted by Crippen LogP contribution is -2.66. The van der Waals surface area contributed by atoms with E-state index in [-0.39, 0.29) is 62.4 Å². The third kappa shape index (κ3) is 6.43. The van der Waals surface area contributed by atoms with Crippen LogP contribution >= 0.6 is 0 Å². The Labute approximate surface area is 302 Å². The number of methoxy groups -OCH3 is 1. The van der Waals surface area contributed by atoms with Gasteiger partial charge in [-0.2, -0.15) is 0 Å². The summed E-state index contributed by atoms with van der Waals surface area (Å²) in [6.07, 6.45) is 15.3. The number of allylic oxidation sites excluding steroid dienone is 1. The number of imide groups is 1. The maximum Gasteiger partial charge on any atom is 0.421 e. The fourth-order valence-electron chi connectivity index (χ4n) is 11.8. The van der Waals surface area contributed by atoms with Gasteiger partial charge in [0.25, 0.3) is 0 Å². The number of rotatable bonds is 10. The highest BCUT2D eigenvalue weighted by Crippen LogP contribution is 2.64. The second-order valence-electron chi connectivity index (χ2n) is 16.3. The molecule has 0 bridgehead atoms. The second-order valence-corrected chi connectivity index (χ2v) is 16.3. The highest BCUT2D eigenvalue weighted by molar-refractivity contribution is 6.07. The molecule has 0 aromatic carbocycles. The number of fused-ring (bicyclic) bond motifs is 2. The number of cyclic esters (lactones) is 1. The predicted octanol–water partition coefficient (Wildman–Crippen LogP) is 4.60. The molecule has 6 atom stereocenters. The summed E-state index contributed by atoms with van der Waals surface area (Å²) in [7, 11) is 1.52. The first kappa shape index (κ1) is 36.8. The lowest BCUT2D eigenvalue weighted by Gasteiger charge is -2.53. The van der Waals surface area contributed by atoms with E-state index >= 15 is 4.79 Å². The molecule has 0 aromatic rings. The smallest absolute Gasteiger partial charge is 0.421 e. The molecule has 12 heteroatoms. The van der Waals surface area contributed by atoms with Gasteiger partial charge in [0.2, 0.25) is 11.8 Å². The molecule has 0 aromatic heterocycles. The lowest BCUT2D eigenvalue weighted by molar-refractivity contribution is -0.190. The Kier molecular flexibility index (Phi) is 11.4. The van der Waals surface area contributed by atoms with Gasteiger partial charge in [0, 0.05) is 18.8 Å². The lowest BCUT2D eigenvalue weighted by atomic mass is 9.60. The molecule has 1 spiro atoms. The summed E-state index contributed by atoms with van der Waals surface area (Å²) in [6.45, 7) is 0.403. The fraction of sp³-hybridized carbons (Fsp3) is 0.846. The number of hydrogen-bond acceptors (Lipinski definition) is 10. The average Bonchev–Trinajstić information content (AvgIpc) is 3.61. The van der Waals surface area contributed by atoms with Gasteiger partial charge in [0.1, 0.15) is 24.2 Å². The number of nitrogens with two attached hydrogens (primary N) is 1. The minimum Gasteiger partial charge on any atom is -0.459 e. The Morgan fingerprint density at radius 3 is 2.16 bits per heavy atom. The molecular formula is C39H59N3O9. The number of esters is 1. The third-order valence-corrected chi connectivity index (χ3v) is 13.7. The van der Waals surface area contributed by atoms with Crippen molar-refractivity contribution in [3.8, 4) is 0 Å². The molecule has 3 amide bonds. The van der Waals surface area contributed by atoms with E-state index in [9.17, 15) is 19.5 Å². The van der Waals surface area contributed by atoms with Crippen molar-refractivity contribution < 1.29 is 43.2 Å². The molecule has 7 aliphatic rings. The second kappa shape index (κ2) is 15.8. The van der Waals surface area contributed by atoms with Crippen LogP contribution in [0.3, 0.4) is 0 Å². The van der Waals surface area contributed by atoms with E-state index in [0.29, 0.717) is 18.5 Å². The van der Waals surface area contributed by atoms with Crippen LogP contribution in [0.1, 0.15) is 116 Å². The number of amides is 3. The fourth-order valence-corrected chi connectivity index (χ4v) is 11.8. The minimum absolute atomic E-state index is 0.0108. The van der Waals surface area contributed by atoms with Crippen LogP contribution < -0.4 is 5.73 Å². The van der Waals surface area contributed by atoms with Crippen molar-refractivity contribution in [2.45, 2.75) is 146 Å². The standard InChI is InChI=1S/C39H59N3O9/c1-48-22-23-50-38(47)41-29-15-9-8-14-28(29)39(37(41)46)30(35(40)44)32-36(45)51-33(25-12-6-3-7-13-25)31(24-10-4-2-5-11-24)42(32)34(39)26-16-18-27(19-17-26)49-21-20-43/h24-27,30-34,43H,2-23H2,1H3,(H2,40,44)/t26?,27?,30-,31-,32-,33+,34+,39-/m1/s1. The van der Waals surface area contributed by atoms with E-state index in [0.717, 1.165) is 95.5 Å². The molecule has 3 aliphatic heterocycles. The number of carbonyl (C=O) groups excluding carboxylic acids is 4. The Morgan fingerprint density at radius 1 is 0.843 bits per heavy atom. The number of nitrogens with zero attached hydrogens (tertiary/aromatic N) is 2. The minimum atomic E-state index is -1.48. The van der Waals surface area contributed by atoms with Crippen LogP contribution in [0.15, 0.2) is 11.3 Å². The van der Waals surface area contributed by atoms with Gasteiger partial charge >= 0.3 is 12.1 Å². The van der Waals surface area contributed by atoms with Crippen LogP contribution in [-0.4, -0.2) is 103 Å². The SMILES string of the molecule is COCCOC(=O)N1C(=O)[C@@]2(C3=C1CCCC3)[C@H](C1CCC(OCCO)CC1)N1[C@H](C3CCCCC3)[C@H](C3CCCCC3)OC(=O)[C@H]1[C@@H]2C(N)=O. The summed E-state index contributed by atoms with van der Waals surface area (Å²) in [5.74, 6) is -2.37. The van der Waals surface area contributed by atoms with E-state index in [1.165, 1.54) is 24.9 Å². The highest BCUT2D eigenvalue weighted by atomic mass is 16.6. The summed E-state index contributed by atoms with van der Waals surface area (Å²) >= 11 is 0. The Balaban J connectivity index is 1.39. The molecule has 2 saturated heterocycles. The number of aliphatic hydroxyl groups excluding tert-OH is 1. The summed E-state index contributed by atoms with van der Waals surface area (Å²) in [6, 6.07) is -1.67. The average molecular weight is 714 g/mol. The van der Waals surface area contributed by atoms with E-state index in [1.807, 2.05) is 0 Å². The van der Waals surface area contributed by atoms with Crippen LogP contribution in [0.2, 0.25) is 0 Å². The molecule has 3 N–H and O–H groups in total. The van der Waals surface area contributed by atoms with Crippen molar-refractivity contribution >= 4 is 23.9 Å². The molecule has 7 rings (SSSR count). The largest absolute Gasteiger partial charge is 0.459 e. The number of primary amides is 1. The third-order valence-electron chi connectivity index (χ3n) is 13.7.